The lowest BCUT2D eigenvalue weighted by molar-refractivity contribution is -0.274. The standard InChI is InChI=1S/C17H15F3N2O3/c1-2-24-12-7-8-13-14(9-12)22-16(21-13)15(23)10-3-5-11(6-4-10)25-17(18,19)20/h3-9,15,23H,2H2,1H3,(H,21,22). The van der Waals surface area contributed by atoms with Crippen molar-refractivity contribution in [2.45, 2.75) is 19.4 Å². The van der Waals surface area contributed by atoms with Gasteiger partial charge in [0.1, 0.15) is 23.4 Å². The Hall–Kier alpha value is -2.74. The van der Waals surface area contributed by atoms with Crippen LogP contribution in [0.2, 0.25) is 0 Å². The third kappa shape index (κ3) is 4.03. The minimum atomic E-state index is -4.75. The van der Waals surface area contributed by atoms with Gasteiger partial charge in [0.05, 0.1) is 17.6 Å². The number of imidazole rings is 1. The summed E-state index contributed by atoms with van der Waals surface area (Å²) in [6.45, 7) is 2.40. The number of ether oxygens (including phenoxy) is 2. The molecule has 8 heteroatoms. The van der Waals surface area contributed by atoms with Crippen LogP contribution in [0.15, 0.2) is 42.5 Å². The molecule has 0 fully saturated rings. The average molecular weight is 352 g/mol. The molecule has 3 rings (SSSR count). The third-order valence-electron chi connectivity index (χ3n) is 3.47. The van der Waals surface area contributed by atoms with E-state index in [1.807, 2.05) is 6.92 Å². The van der Waals surface area contributed by atoms with E-state index in [1.165, 1.54) is 12.1 Å². The lowest BCUT2D eigenvalue weighted by atomic mass is 10.1. The number of aromatic nitrogens is 2. The molecule has 0 aliphatic rings. The van der Waals surface area contributed by atoms with Gasteiger partial charge in [-0.25, -0.2) is 4.98 Å². The van der Waals surface area contributed by atoms with Gasteiger partial charge in [0, 0.05) is 6.07 Å². The second-order valence-corrected chi connectivity index (χ2v) is 5.25. The number of aromatic amines is 1. The largest absolute Gasteiger partial charge is 0.573 e. The van der Waals surface area contributed by atoms with E-state index in [1.54, 1.807) is 18.2 Å². The highest BCUT2D eigenvalue weighted by Gasteiger charge is 2.31. The zero-order chi connectivity index (χ0) is 18.0. The molecule has 0 aliphatic heterocycles. The number of nitrogens with zero attached hydrogens (tertiary/aromatic N) is 1. The van der Waals surface area contributed by atoms with Gasteiger partial charge >= 0.3 is 6.36 Å². The van der Waals surface area contributed by atoms with Crippen molar-refractivity contribution < 1.29 is 27.8 Å². The zero-order valence-corrected chi connectivity index (χ0v) is 13.2. The van der Waals surface area contributed by atoms with Gasteiger partial charge in [0.2, 0.25) is 0 Å². The van der Waals surface area contributed by atoms with Crippen molar-refractivity contribution in [3.05, 3.63) is 53.9 Å². The summed E-state index contributed by atoms with van der Waals surface area (Å²) in [6, 6.07) is 10.3. The Balaban J connectivity index is 1.82. The van der Waals surface area contributed by atoms with E-state index in [-0.39, 0.29) is 11.6 Å². The van der Waals surface area contributed by atoms with Gasteiger partial charge in [-0.1, -0.05) is 12.1 Å². The molecule has 25 heavy (non-hydrogen) atoms. The predicted molar refractivity (Wildman–Crippen MR) is 84.4 cm³/mol. The summed E-state index contributed by atoms with van der Waals surface area (Å²) >= 11 is 0. The first kappa shape index (κ1) is 17.1. The van der Waals surface area contributed by atoms with Crippen LogP contribution in [0.4, 0.5) is 13.2 Å². The quantitative estimate of drug-likeness (QED) is 0.730. The molecule has 2 aromatic carbocycles. The maximum atomic E-state index is 12.2. The molecule has 0 aliphatic carbocycles. The molecule has 1 aromatic heterocycles. The van der Waals surface area contributed by atoms with E-state index in [0.29, 0.717) is 29.0 Å². The second kappa shape index (κ2) is 6.64. The van der Waals surface area contributed by atoms with Crippen molar-refractivity contribution in [3.8, 4) is 11.5 Å². The number of benzene rings is 2. The fourth-order valence-electron chi connectivity index (χ4n) is 2.40. The van der Waals surface area contributed by atoms with Crippen molar-refractivity contribution in [2.75, 3.05) is 6.61 Å². The van der Waals surface area contributed by atoms with Crippen molar-refractivity contribution in [3.63, 3.8) is 0 Å². The minimum Gasteiger partial charge on any atom is -0.494 e. The van der Waals surface area contributed by atoms with Gasteiger partial charge in [-0.3, -0.25) is 0 Å². The van der Waals surface area contributed by atoms with Crippen LogP contribution in [-0.4, -0.2) is 28.0 Å². The van der Waals surface area contributed by atoms with Gasteiger partial charge < -0.3 is 19.6 Å². The predicted octanol–water partition coefficient (Wildman–Crippen LogP) is 3.94. The first-order chi connectivity index (χ1) is 11.9. The van der Waals surface area contributed by atoms with E-state index in [2.05, 4.69) is 14.7 Å². The van der Waals surface area contributed by atoms with Gasteiger partial charge in [-0.15, -0.1) is 13.2 Å². The summed E-state index contributed by atoms with van der Waals surface area (Å²) in [5, 5.41) is 10.4. The number of hydrogen-bond donors (Lipinski definition) is 2. The normalized spacial score (nSPS) is 13.0. The van der Waals surface area contributed by atoms with Crippen LogP contribution in [0, 0.1) is 0 Å². The Morgan fingerprint density at radius 3 is 2.44 bits per heavy atom. The summed E-state index contributed by atoms with van der Waals surface area (Å²) in [4.78, 5) is 7.29. The molecule has 0 amide bonds. The molecule has 0 bridgehead atoms. The minimum absolute atomic E-state index is 0.285. The maximum Gasteiger partial charge on any atom is 0.573 e. The van der Waals surface area contributed by atoms with Crippen LogP contribution in [-0.2, 0) is 0 Å². The van der Waals surface area contributed by atoms with Gasteiger partial charge in [-0.2, -0.15) is 0 Å². The number of halogens is 3. The number of fused-ring (bicyclic) bond motifs is 1. The molecule has 0 saturated heterocycles. The summed E-state index contributed by atoms with van der Waals surface area (Å²) in [5.41, 5.74) is 1.73. The average Bonchev–Trinajstić information content (AvgIpc) is 2.97. The maximum absolute atomic E-state index is 12.2. The van der Waals surface area contributed by atoms with Crippen LogP contribution < -0.4 is 9.47 Å². The molecule has 1 heterocycles. The highest BCUT2D eigenvalue weighted by molar-refractivity contribution is 5.77. The van der Waals surface area contributed by atoms with Crippen molar-refractivity contribution in [1.29, 1.82) is 0 Å². The summed E-state index contributed by atoms with van der Waals surface area (Å²) in [7, 11) is 0. The smallest absolute Gasteiger partial charge is 0.494 e. The number of H-pyrrole nitrogens is 1. The van der Waals surface area contributed by atoms with E-state index in [9.17, 15) is 18.3 Å². The molecular weight excluding hydrogens is 337 g/mol. The monoisotopic (exact) mass is 352 g/mol. The fraction of sp³-hybridized carbons (Fsp3) is 0.235. The lowest BCUT2D eigenvalue weighted by Crippen LogP contribution is -2.17. The van der Waals surface area contributed by atoms with E-state index in [0.717, 1.165) is 12.1 Å². The van der Waals surface area contributed by atoms with Crippen LogP contribution in [0.25, 0.3) is 11.0 Å². The first-order valence-corrected chi connectivity index (χ1v) is 7.52. The highest BCUT2D eigenvalue weighted by atomic mass is 19.4. The number of alkyl halides is 3. The van der Waals surface area contributed by atoms with E-state index < -0.39 is 12.5 Å². The first-order valence-electron chi connectivity index (χ1n) is 7.52. The molecule has 0 radical (unpaired) electrons. The van der Waals surface area contributed by atoms with Crippen molar-refractivity contribution >= 4 is 11.0 Å². The number of aliphatic hydroxyl groups excluding tert-OH is 1. The van der Waals surface area contributed by atoms with Gasteiger partial charge in [0.25, 0.3) is 0 Å². The number of hydrogen-bond acceptors (Lipinski definition) is 4. The summed E-state index contributed by atoms with van der Waals surface area (Å²) in [6.07, 6.45) is -5.86. The van der Waals surface area contributed by atoms with E-state index >= 15 is 0 Å². The van der Waals surface area contributed by atoms with Crippen LogP contribution in [0.5, 0.6) is 11.5 Å². The third-order valence-corrected chi connectivity index (χ3v) is 3.47. The number of aliphatic hydroxyl groups is 1. The molecular formula is C17H15F3N2O3. The Morgan fingerprint density at radius 1 is 1.12 bits per heavy atom. The van der Waals surface area contributed by atoms with Crippen LogP contribution in [0.1, 0.15) is 24.4 Å². The van der Waals surface area contributed by atoms with Gasteiger partial charge in [-0.05, 0) is 36.8 Å². The zero-order valence-electron chi connectivity index (χ0n) is 13.2. The van der Waals surface area contributed by atoms with Gasteiger partial charge in [0.15, 0.2) is 0 Å². The molecule has 0 spiro atoms. The Bertz CT molecular complexity index is 860. The van der Waals surface area contributed by atoms with Crippen molar-refractivity contribution in [1.82, 2.24) is 9.97 Å². The summed E-state index contributed by atoms with van der Waals surface area (Å²) < 4.78 is 45.7. The fourth-order valence-corrected chi connectivity index (χ4v) is 2.40. The molecule has 1 unspecified atom stereocenters. The number of rotatable bonds is 5. The SMILES string of the molecule is CCOc1ccc2nc(C(O)c3ccc(OC(F)(F)F)cc3)[nH]c2c1. The Labute approximate surface area is 141 Å². The topological polar surface area (TPSA) is 67.4 Å². The highest BCUT2D eigenvalue weighted by Crippen LogP contribution is 2.28. The Morgan fingerprint density at radius 2 is 1.80 bits per heavy atom. The molecule has 5 nitrogen and oxygen atoms in total. The lowest BCUT2D eigenvalue weighted by Gasteiger charge is -2.11. The Kier molecular flexibility index (Phi) is 4.54. The molecule has 0 saturated carbocycles. The molecule has 132 valence electrons. The van der Waals surface area contributed by atoms with Crippen LogP contribution >= 0.6 is 0 Å². The van der Waals surface area contributed by atoms with Crippen LogP contribution in [0.3, 0.4) is 0 Å². The van der Waals surface area contributed by atoms with E-state index in [4.69, 9.17) is 4.74 Å². The van der Waals surface area contributed by atoms with Crippen molar-refractivity contribution in [2.24, 2.45) is 0 Å². The molecule has 1 atom stereocenters. The molecule has 3 aromatic rings. The second-order valence-electron chi connectivity index (χ2n) is 5.25. The number of nitrogens with one attached hydrogen (secondary N) is 1. The summed E-state index contributed by atoms with van der Waals surface area (Å²) in [5.74, 6) is 0.607. The molecule has 2 N–H and O–H groups in total.